The number of benzene rings is 1. The zero-order valence-corrected chi connectivity index (χ0v) is 15.1. The van der Waals surface area contributed by atoms with E-state index >= 15 is 0 Å². The van der Waals surface area contributed by atoms with Crippen molar-refractivity contribution in [2.75, 3.05) is 26.2 Å². The van der Waals surface area contributed by atoms with Gasteiger partial charge in [0, 0.05) is 36.7 Å². The van der Waals surface area contributed by atoms with Gasteiger partial charge in [-0.15, -0.1) is 12.4 Å². The first-order valence-electron chi connectivity index (χ1n) is 7.53. The fourth-order valence-corrected chi connectivity index (χ4v) is 3.76. The van der Waals surface area contributed by atoms with E-state index in [1.807, 2.05) is 6.07 Å². The summed E-state index contributed by atoms with van der Waals surface area (Å²) >= 11 is 3.55. The second-order valence-electron chi connectivity index (χ2n) is 5.66. The molecule has 0 saturated carbocycles. The van der Waals surface area contributed by atoms with Crippen molar-refractivity contribution in [2.45, 2.75) is 32.7 Å². The van der Waals surface area contributed by atoms with Gasteiger partial charge in [0.05, 0.1) is 0 Å². The van der Waals surface area contributed by atoms with Gasteiger partial charge in [-0.3, -0.25) is 4.90 Å². The van der Waals surface area contributed by atoms with Crippen LogP contribution < -0.4 is 5.32 Å². The van der Waals surface area contributed by atoms with Crippen molar-refractivity contribution in [1.82, 2.24) is 10.2 Å². The van der Waals surface area contributed by atoms with E-state index in [4.69, 9.17) is 0 Å². The molecule has 1 fully saturated rings. The van der Waals surface area contributed by atoms with E-state index in [1.54, 1.807) is 12.1 Å². The zero-order valence-electron chi connectivity index (χ0n) is 12.7. The molecule has 1 aliphatic heterocycles. The summed E-state index contributed by atoms with van der Waals surface area (Å²) in [5.74, 6) is 0.391. The highest BCUT2D eigenvalue weighted by atomic mass is 79.9. The highest BCUT2D eigenvalue weighted by Crippen LogP contribution is 2.36. The van der Waals surface area contributed by atoms with Crippen LogP contribution in [0.4, 0.5) is 4.39 Å². The molecule has 0 radical (unpaired) electrons. The number of nitrogens with one attached hydrogen (secondary N) is 1. The maximum Gasteiger partial charge on any atom is 0.124 e. The van der Waals surface area contributed by atoms with Crippen LogP contribution in [0, 0.1) is 11.7 Å². The van der Waals surface area contributed by atoms with Gasteiger partial charge in [-0.2, -0.15) is 0 Å². The van der Waals surface area contributed by atoms with Gasteiger partial charge in [-0.05, 0) is 30.0 Å². The molecular weight excluding hydrogens is 355 g/mol. The predicted octanol–water partition coefficient (Wildman–Crippen LogP) is 4.39. The summed E-state index contributed by atoms with van der Waals surface area (Å²) in [7, 11) is 0. The minimum Gasteiger partial charge on any atom is -0.314 e. The molecule has 1 aromatic rings. The summed E-state index contributed by atoms with van der Waals surface area (Å²) in [5, 5.41) is 3.40. The molecule has 0 spiro atoms. The Labute approximate surface area is 142 Å². The molecule has 0 aliphatic carbocycles. The van der Waals surface area contributed by atoms with E-state index in [2.05, 4.69) is 40.0 Å². The number of nitrogens with zero attached hydrogens (tertiary/aromatic N) is 1. The van der Waals surface area contributed by atoms with Crippen LogP contribution in [0.5, 0.6) is 0 Å². The Balaban J connectivity index is 0.00000220. The Bertz CT molecular complexity index is 438. The largest absolute Gasteiger partial charge is 0.314 e. The molecule has 2 rings (SSSR count). The van der Waals surface area contributed by atoms with Gasteiger partial charge in [0.2, 0.25) is 0 Å². The molecule has 5 heteroatoms. The first-order valence-corrected chi connectivity index (χ1v) is 8.32. The van der Waals surface area contributed by atoms with E-state index in [0.29, 0.717) is 12.0 Å². The van der Waals surface area contributed by atoms with E-state index in [1.165, 1.54) is 18.4 Å². The highest BCUT2D eigenvalue weighted by molar-refractivity contribution is 9.10. The van der Waals surface area contributed by atoms with Crippen LogP contribution in [0.3, 0.4) is 0 Å². The Hall–Kier alpha value is -0.160. The highest BCUT2D eigenvalue weighted by Gasteiger charge is 2.28. The topological polar surface area (TPSA) is 15.3 Å². The van der Waals surface area contributed by atoms with Crippen molar-refractivity contribution in [3.05, 3.63) is 34.1 Å². The van der Waals surface area contributed by atoms with Crippen LogP contribution in [-0.4, -0.2) is 31.1 Å². The van der Waals surface area contributed by atoms with Gasteiger partial charge in [0.25, 0.3) is 0 Å². The summed E-state index contributed by atoms with van der Waals surface area (Å²) in [5.41, 5.74) is 1.22. The van der Waals surface area contributed by atoms with E-state index < -0.39 is 0 Å². The summed E-state index contributed by atoms with van der Waals surface area (Å²) in [6.07, 6.45) is 2.38. The summed E-state index contributed by atoms with van der Waals surface area (Å²) < 4.78 is 14.2. The lowest BCUT2D eigenvalue weighted by Gasteiger charge is -2.39. The molecule has 120 valence electrons. The van der Waals surface area contributed by atoms with E-state index in [9.17, 15) is 4.39 Å². The number of halogens is 3. The molecule has 0 aromatic heterocycles. The van der Waals surface area contributed by atoms with Crippen molar-refractivity contribution >= 4 is 28.3 Å². The summed E-state index contributed by atoms with van der Waals surface area (Å²) in [6, 6.07) is 5.47. The Morgan fingerprint density at radius 1 is 1.33 bits per heavy atom. The second kappa shape index (κ2) is 9.09. The average Bonchev–Trinajstić information content (AvgIpc) is 2.43. The maximum atomic E-state index is 13.3. The summed E-state index contributed by atoms with van der Waals surface area (Å²) in [4.78, 5) is 2.54. The number of piperazine rings is 1. The molecule has 1 unspecified atom stereocenters. The Morgan fingerprint density at radius 2 is 2.00 bits per heavy atom. The van der Waals surface area contributed by atoms with Gasteiger partial charge < -0.3 is 5.32 Å². The summed E-state index contributed by atoms with van der Waals surface area (Å²) in [6.45, 7) is 8.73. The molecule has 1 saturated heterocycles. The molecular formula is C16H25BrClFN2. The standard InChI is InChI=1S/C16H24BrFN2.ClH/c1-3-4-12(2)16(20-9-7-19-8-10-20)14-6-5-13(18)11-15(14)17;/h5-6,11-12,16,19H,3-4,7-10H2,1-2H3;1H/t12?,16-;/m1./s1. The Kier molecular flexibility index (Phi) is 8.17. The van der Waals surface area contributed by atoms with Gasteiger partial charge in [-0.1, -0.05) is 42.3 Å². The fourth-order valence-electron chi connectivity index (χ4n) is 3.18. The van der Waals surface area contributed by atoms with Crippen LogP contribution >= 0.6 is 28.3 Å². The van der Waals surface area contributed by atoms with Crippen LogP contribution in [0.25, 0.3) is 0 Å². The first kappa shape index (κ1) is 18.9. The minimum atomic E-state index is -0.178. The normalized spacial score (nSPS) is 18.9. The Morgan fingerprint density at radius 3 is 2.57 bits per heavy atom. The molecule has 21 heavy (non-hydrogen) atoms. The van der Waals surface area contributed by atoms with Crippen LogP contribution in [0.15, 0.2) is 22.7 Å². The third-order valence-electron chi connectivity index (χ3n) is 4.11. The van der Waals surface area contributed by atoms with Crippen LogP contribution in [0.1, 0.15) is 38.3 Å². The number of hydrogen-bond acceptors (Lipinski definition) is 2. The molecule has 0 bridgehead atoms. The third-order valence-corrected chi connectivity index (χ3v) is 4.80. The van der Waals surface area contributed by atoms with Gasteiger partial charge in [0.15, 0.2) is 0 Å². The molecule has 2 atom stereocenters. The lowest BCUT2D eigenvalue weighted by Crippen LogP contribution is -2.46. The number of rotatable bonds is 5. The first-order chi connectivity index (χ1) is 9.63. The van der Waals surface area contributed by atoms with Gasteiger partial charge >= 0.3 is 0 Å². The third kappa shape index (κ3) is 4.92. The smallest absolute Gasteiger partial charge is 0.124 e. The minimum absolute atomic E-state index is 0. The van der Waals surface area contributed by atoms with E-state index in [-0.39, 0.29) is 18.2 Å². The zero-order chi connectivity index (χ0) is 14.5. The number of hydrogen-bond donors (Lipinski definition) is 1. The van der Waals surface area contributed by atoms with E-state index in [0.717, 1.165) is 30.7 Å². The maximum absolute atomic E-state index is 13.3. The van der Waals surface area contributed by atoms with Crippen molar-refractivity contribution in [3.63, 3.8) is 0 Å². The molecule has 1 heterocycles. The molecule has 1 aliphatic rings. The average molecular weight is 380 g/mol. The lowest BCUT2D eigenvalue weighted by atomic mass is 9.89. The molecule has 2 nitrogen and oxygen atoms in total. The fraction of sp³-hybridized carbons (Fsp3) is 0.625. The van der Waals surface area contributed by atoms with Gasteiger partial charge in [-0.25, -0.2) is 4.39 Å². The van der Waals surface area contributed by atoms with Crippen LogP contribution in [0.2, 0.25) is 0 Å². The predicted molar refractivity (Wildman–Crippen MR) is 92.6 cm³/mol. The second-order valence-corrected chi connectivity index (χ2v) is 6.52. The van der Waals surface area contributed by atoms with Gasteiger partial charge in [0.1, 0.15) is 5.82 Å². The van der Waals surface area contributed by atoms with Crippen molar-refractivity contribution in [3.8, 4) is 0 Å². The van der Waals surface area contributed by atoms with Crippen molar-refractivity contribution < 1.29 is 4.39 Å². The molecule has 1 N–H and O–H groups in total. The molecule has 1 aromatic carbocycles. The monoisotopic (exact) mass is 378 g/mol. The SMILES string of the molecule is CCCC(C)[C@H](c1ccc(F)cc1Br)N1CCNCC1.Cl. The quantitative estimate of drug-likeness (QED) is 0.816. The van der Waals surface area contributed by atoms with Crippen molar-refractivity contribution in [2.24, 2.45) is 5.92 Å². The van der Waals surface area contributed by atoms with Crippen molar-refractivity contribution in [1.29, 1.82) is 0 Å². The van der Waals surface area contributed by atoms with Crippen LogP contribution in [-0.2, 0) is 0 Å². The molecule has 0 amide bonds. The lowest BCUT2D eigenvalue weighted by molar-refractivity contribution is 0.125.